The van der Waals surface area contributed by atoms with Gasteiger partial charge in [-0.3, -0.25) is 4.79 Å². The van der Waals surface area contributed by atoms with Crippen LogP contribution in [0.15, 0.2) is 30.3 Å². The van der Waals surface area contributed by atoms with Crippen molar-refractivity contribution in [2.45, 2.75) is 64.0 Å². The van der Waals surface area contributed by atoms with Crippen LogP contribution in [0.2, 0.25) is 0 Å². The van der Waals surface area contributed by atoms with Crippen LogP contribution in [0.4, 0.5) is 5.13 Å². The van der Waals surface area contributed by atoms with Crippen LogP contribution in [0.25, 0.3) is 0 Å². The Morgan fingerprint density at radius 3 is 2.87 bits per heavy atom. The molecule has 30 heavy (non-hydrogen) atoms. The first kappa shape index (κ1) is 21.2. The molecule has 2 aliphatic rings. The molecule has 3 heterocycles. The highest BCUT2D eigenvalue weighted by Gasteiger charge is 2.32. The molecule has 1 aromatic heterocycles. The minimum Gasteiger partial charge on any atom is -0.354 e. The summed E-state index contributed by atoms with van der Waals surface area (Å²) in [6.45, 7) is 6.23. The number of benzene rings is 1. The highest BCUT2D eigenvalue weighted by atomic mass is 32.1. The summed E-state index contributed by atoms with van der Waals surface area (Å²) in [7, 11) is 0. The smallest absolute Gasteiger partial charge is 0.242 e. The third kappa shape index (κ3) is 5.38. The first-order valence-electron chi connectivity index (χ1n) is 11.4. The maximum atomic E-state index is 12.8. The second-order valence-electron chi connectivity index (χ2n) is 8.53. The molecule has 6 nitrogen and oxygen atoms in total. The van der Waals surface area contributed by atoms with Crippen molar-refractivity contribution in [3.63, 3.8) is 0 Å². The van der Waals surface area contributed by atoms with E-state index in [4.69, 9.17) is 4.98 Å². The summed E-state index contributed by atoms with van der Waals surface area (Å²) in [5.41, 5.74) is 1.21. The van der Waals surface area contributed by atoms with Crippen molar-refractivity contribution >= 4 is 22.6 Å². The van der Waals surface area contributed by atoms with E-state index in [9.17, 15) is 4.79 Å². The molecule has 2 saturated heterocycles. The zero-order valence-electron chi connectivity index (χ0n) is 17.9. The normalized spacial score (nSPS) is 22.4. The van der Waals surface area contributed by atoms with Crippen LogP contribution < -0.4 is 10.2 Å². The van der Waals surface area contributed by atoms with Crippen molar-refractivity contribution < 1.29 is 4.79 Å². The Labute approximate surface area is 183 Å². The quantitative estimate of drug-likeness (QED) is 0.654. The molecule has 1 amide bonds. The van der Waals surface area contributed by atoms with E-state index in [1.54, 1.807) is 0 Å². The van der Waals surface area contributed by atoms with Crippen LogP contribution in [-0.4, -0.2) is 58.4 Å². The van der Waals surface area contributed by atoms with E-state index in [-0.39, 0.29) is 11.9 Å². The molecule has 7 heteroatoms. The van der Waals surface area contributed by atoms with Gasteiger partial charge in [0.15, 0.2) is 0 Å². The Morgan fingerprint density at radius 2 is 2.03 bits per heavy atom. The first-order valence-corrected chi connectivity index (χ1v) is 12.1. The lowest BCUT2D eigenvalue weighted by Crippen LogP contribution is -2.44. The molecular weight excluding hydrogens is 394 g/mol. The highest BCUT2D eigenvalue weighted by Crippen LogP contribution is 2.27. The number of likely N-dealkylation sites (tertiary alicyclic amines) is 1. The lowest BCUT2D eigenvalue weighted by atomic mass is 10.0. The summed E-state index contributed by atoms with van der Waals surface area (Å²) in [4.78, 5) is 22.3. The zero-order valence-corrected chi connectivity index (χ0v) is 18.7. The van der Waals surface area contributed by atoms with E-state index in [0.717, 1.165) is 56.3 Å². The monoisotopic (exact) mass is 427 g/mol. The summed E-state index contributed by atoms with van der Waals surface area (Å²) < 4.78 is 4.54. The molecule has 2 aromatic rings. The van der Waals surface area contributed by atoms with E-state index in [1.807, 2.05) is 18.2 Å². The highest BCUT2D eigenvalue weighted by molar-refractivity contribution is 7.09. The average Bonchev–Trinajstić information content (AvgIpc) is 3.42. The van der Waals surface area contributed by atoms with Crippen LogP contribution in [0.3, 0.4) is 0 Å². The number of nitrogens with zero attached hydrogens (tertiary/aromatic N) is 4. The largest absolute Gasteiger partial charge is 0.354 e. The fourth-order valence-corrected chi connectivity index (χ4v) is 5.34. The minimum atomic E-state index is -0.114. The Morgan fingerprint density at radius 1 is 1.17 bits per heavy atom. The Hall–Kier alpha value is -1.99. The molecule has 0 radical (unpaired) electrons. The number of rotatable bonds is 8. The van der Waals surface area contributed by atoms with Gasteiger partial charge in [0.2, 0.25) is 11.0 Å². The maximum Gasteiger partial charge on any atom is 0.242 e. The number of carbonyl (C=O) groups excluding carboxylic acids is 1. The van der Waals surface area contributed by atoms with Gasteiger partial charge in [-0.15, -0.1) is 0 Å². The van der Waals surface area contributed by atoms with Gasteiger partial charge in [0.05, 0.1) is 0 Å². The molecule has 0 bridgehead atoms. The first-order chi connectivity index (χ1) is 14.7. The second-order valence-corrected chi connectivity index (χ2v) is 9.26. The number of aromatic nitrogens is 2. The number of carbonyl (C=O) groups is 1. The van der Waals surface area contributed by atoms with Gasteiger partial charge in [0.25, 0.3) is 0 Å². The van der Waals surface area contributed by atoms with Crippen molar-refractivity contribution in [1.29, 1.82) is 0 Å². The number of anilines is 1. The number of piperidine rings is 1. The van der Waals surface area contributed by atoms with E-state index in [2.05, 4.69) is 38.5 Å². The molecule has 0 aliphatic carbocycles. The molecule has 2 fully saturated rings. The van der Waals surface area contributed by atoms with Gasteiger partial charge in [-0.05, 0) is 51.1 Å². The van der Waals surface area contributed by atoms with Crippen molar-refractivity contribution in [3.8, 4) is 0 Å². The maximum absolute atomic E-state index is 12.8. The van der Waals surface area contributed by atoms with Gasteiger partial charge in [0.1, 0.15) is 11.9 Å². The average molecular weight is 428 g/mol. The molecule has 0 unspecified atom stereocenters. The number of nitrogens with one attached hydrogen (secondary N) is 1. The van der Waals surface area contributed by atoms with Crippen molar-refractivity contribution in [1.82, 2.24) is 19.6 Å². The second kappa shape index (κ2) is 10.4. The van der Waals surface area contributed by atoms with E-state index in [0.29, 0.717) is 6.04 Å². The molecule has 1 aromatic carbocycles. The Bertz CT molecular complexity index is 811. The van der Waals surface area contributed by atoms with Gasteiger partial charge in [-0.25, -0.2) is 4.98 Å². The fourth-order valence-electron chi connectivity index (χ4n) is 4.58. The Balaban J connectivity index is 1.26. The minimum absolute atomic E-state index is 0.114. The number of hydrogen-bond acceptors (Lipinski definition) is 6. The van der Waals surface area contributed by atoms with E-state index in [1.165, 1.54) is 42.9 Å². The molecule has 4 rings (SSSR count). The SMILES string of the molecule is C[C@@H]1CCCCN1CCCNC(=O)[C@@H]1CCCN1c1nc(Cc2ccccc2)ns1. The fraction of sp³-hybridized carbons (Fsp3) is 0.609. The van der Waals surface area contributed by atoms with Crippen molar-refractivity contribution in [2.75, 3.05) is 31.1 Å². The molecule has 1 N–H and O–H groups in total. The lowest BCUT2D eigenvalue weighted by molar-refractivity contribution is -0.122. The van der Waals surface area contributed by atoms with Crippen LogP contribution >= 0.6 is 11.5 Å². The van der Waals surface area contributed by atoms with Gasteiger partial charge in [-0.1, -0.05) is 36.8 Å². The van der Waals surface area contributed by atoms with Gasteiger partial charge in [-0.2, -0.15) is 4.37 Å². The van der Waals surface area contributed by atoms with Crippen LogP contribution in [0, 0.1) is 0 Å². The third-order valence-corrected chi connectivity index (χ3v) is 7.12. The summed E-state index contributed by atoms with van der Waals surface area (Å²) >= 11 is 1.41. The molecule has 0 spiro atoms. The standard InChI is InChI=1S/C23H33N5OS/c1-18-9-5-6-14-27(18)15-8-13-24-22(29)20-12-7-16-28(20)23-25-21(26-30-23)17-19-10-3-2-4-11-19/h2-4,10-11,18,20H,5-9,12-17H2,1H3,(H,24,29)/t18-,20+/m1/s1. The molecule has 2 aliphatic heterocycles. The van der Waals surface area contributed by atoms with E-state index < -0.39 is 0 Å². The van der Waals surface area contributed by atoms with Gasteiger partial charge in [0, 0.05) is 43.6 Å². The summed E-state index contributed by atoms with van der Waals surface area (Å²) in [6.07, 6.45) is 7.63. The van der Waals surface area contributed by atoms with Gasteiger partial charge < -0.3 is 15.1 Å². The van der Waals surface area contributed by atoms with Crippen LogP contribution in [0.5, 0.6) is 0 Å². The third-order valence-electron chi connectivity index (χ3n) is 6.33. The van der Waals surface area contributed by atoms with Gasteiger partial charge >= 0.3 is 0 Å². The van der Waals surface area contributed by atoms with Crippen molar-refractivity contribution in [3.05, 3.63) is 41.7 Å². The predicted octanol–water partition coefficient (Wildman–Crippen LogP) is 3.48. The van der Waals surface area contributed by atoms with Crippen LogP contribution in [-0.2, 0) is 11.2 Å². The molecule has 2 atom stereocenters. The number of amides is 1. The van der Waals surface area contributed by atoms with Crippen molar-refractivity contribution in [2.24, 2.45) is 0 Å². The Kier molecular flexibility index (Phi) is 7.33. The molecular formula is C23H33N5OS. The molecule has 162 valence electrons. The van der Waals surface area contributed by atoms with Crippen LogP contribution in [0.1, 0.15) is 56.8 Å². The topological polar surface area (TPSA) is 61.4 Å². The number of hydrogen-bond donors (Lipinski definition) is 1. The predicted molar refractivity (Wildman–Crippen MR) is 122 cm³/mol. The summed E-state index contributed by atoms with van der Waals surface area (Å²) in [5.74, 6) is 0.974. The van der Waals surface area contributed by atoms with E-state index >= 15 is 0 Å². The molecule has 0 saturated carbocycles. The zero-order chi connectivity index (χ0) is 20.8. The summed E-state index contributed by atoms with van der Waals surface area (Å²) in [5, 5.41) is 4.05. The summed E-state index contributed by atoms with van der Waals surface area (Å²) in [6, 6.07) is 10.8. The lowest BCUT2D eigenvalue weighted by Gasteiger charge is -2.33.